The fraction of sp³-hybridized carbons (Fsp3) is 0. The van der Waals surface area contributed by atoms with E-state index in [9.17, 15) is 14.9 Å². The highest BCUT2D eigenvalue weighted by Gasteiger charge is 2.17. The number of pyridine rings is 1. The first-order valence-corrected chi connectivity index (χ1v) is 6.57. The number of aromatic carboxylic acids is 1. The molecule has 1 aromatic carbocycles. The minimum atomic E-state index is -1.25. The smallest absolute Gasteiger partial charge is 0.341 e. The van der Waals surface area contributed by atoms with Crippen LogP contribution in [-0.4, -0.2) is 21.0 Å². The zero-order valence-corrected chi connectivity index (χ0v) is 12.5. The standard InChI is InChI=1S/C12H6BrClN2O5/c13-8-3-1-6(16(19)20)5-9(8)21-11-7(12(17)18)2-4-10(14)15-11/h1-5H,(H,17,18). The van der Waals surface area contributed by atoms with E-state index in [1.54, 1.807) is 0 Å². The van der Waals surface area contributed by atoms with E-state index in [0.717, 1.165) is 6.07 Å². The molecule has 21 heavy (non-hydrogen) atoms. The predicted octanol–water partition coefficient (Wildman–Crippen LogP) is 3.90. The van der Waals surface area contributed by atoms with E-state index in [2.05, 4.69) is 20.9 Å². The van der Waals surface area contributed by atoms with Crippen LogP contribution in [-0.2, 0) is 0 Å². The summed E-state index contributed by atoms with van der Waals surface area (Å²) < 4.78 is 5.75. The Bertz CT molecular complexity index is 738. The Morgan fingerprint density at radius 3 is 2.71 bits per heavy atom. The number of hydrogen-bond acceptors (Lipinski definition) is 5. The Balaban J connectivity index is 2.47. The van der Waals surface area contributed by atoms with E-state index in [0.29, 0.717) is 4.47 Å². The summed E-state index contributed by atoms with van der Waals surface area (Å²) in [6.07, 6.45) is 0. The highest BCUT2D eigenvalue weighted by Crippen LogP contribution is 2.34. The second-order valence-corrected chi connectivity index (χ2v) is 5.01. The van der Waals surface area contributed by atoms with Crippen LogP contribution in [0.1, 0.15) is 10.4 Å². The first-order chi connectivity index (χ1) is 9.88. The van der Waals surface area contributed by atoms with E-state index >= 15 is 0 Å². The summed E-state index contributed by atoms with van der Waals surface area (Å²) in [5, 5.41) is 19.9. The number of carboxylic acid groups (broad SMARTS) is 1. The molecule has 1 aromatic heterocycles. The summed E-state index contributed by atoms with van der Waals surface area (Å²) in [4.78, 5) is 25.0. The fourth-order valence-corrected chi connectivity index (χ4v) is 1.91. The highest BCUT2D eigenvalue weighted by atomic mass is 79.9. The zero-order chi connectivity index (χ0) is 15.6. The first-order valence-electron chi connectivity index (χ1n) is 5.40. The van der Waals surface area contributed by atoms with Gasteiger partial charge in [-0.3, -0.25) is 10.1 Å². The fourth-order valence-electron chi connectivity index (χ4n) is 1.45. The van der Waals surface area contributed by atoms with Crippen molar-refractivity contribution in [1.29, 1.82) is 0 Å². The van der Waals surface area contributed by atoms with Gasteiger partial charge < -0.3 is 9.84 Å². The van der Waals surface area contributed by atoms with Gasteiger partial charge in [0, 0.05) is 6.07 Å². The van der Waals surface area contributed by atoms with Gasteiger partial charge in [0.15, 0.2) is 5.75 Å². The van der Waals surface area contributed by atoms with Gasteiger partial charge >= 0.3 is 5.97 Å². The number of nitrogens with zero attached hydrogens (tertiary/aromatic N) is 2. The van der Waals surface area contributed by atoms with E-state index in [-0.39, 0.29) is 28.0 Å². The average Bonchev–Trinajstić information content (AvgIpc) is 2.40. The van der Waals surface area contributed by atoms with Crippen molar-refractivity contribution in [3.05, 3.63) is 55.6 Å². The summed E-state index contributed by atoms with van der Waals surface area (Å²) in [6.45, 7) is 0. The second kappa shape index (κ2) is 6.06. The van der Waals surface area contributed by atoms with Gasteiger partial charge in [-0.25, -0.2) is 9.78 Å². The van der Waals surface area contributed by atoms with Crippen LogP contribution >= 0.6 is 27.5 Å². The maximum atomic E-state index is 11.1. The molecule has 0 radical (unpaired) electrons. The molecule has 0 aliphatic rings. The van der Waals surface area contributed by atoms with Crippen LogP contribution in [0.25, 0.3) is 0 Å². The van der Waals surface area contributed by atoms with Crippen molar-refractivity contribution in [3.63, 3.8) is 0 Å². The third-order valence-electron chi connectivity index (χ3n) is 2.39. The van der Waals surface area contributed by atoms with Crippen LogP contribution in [0.4, 0.5) is 5.69 Å². The monoisotopic (exact) mass is 372 g/mol. The second-order valence-electron chi connectivity index (χ2n) is 3.77. The van der Waals surface area contributed by atoms with Crippen molar-refractivity contribution >= 4 is 39.2 Å². The highest BCUT2D eigenvalue weighted by molar-refractivity contribution is 9.10. The van der Waals surface area contributed by atoms with Gasteiger partial charge in [0.1, 0.15) is 10.7 Å². The lowest BCUT2D eigenvalue weighted by atomic mass is 10.2. The SMILES string of the molecule is O=C(O)c1ccc(Cl)nc1Oc1cc([N+](=O)[O-])ccc1Br. The number of halogens is 2. The molecule has 0 bridgehead atoms. The van der Waals surface area contributed by atoms with Crippen molar-refractivity contribution in [2.24, 2.45) is 0 Å². The van der Waals surface area contributed by atoms with Crippen molar-refractivity contribution in [2.75, 3.05) is 0 Å². The van der Waals surface area contributed by atoms with E-state index in [1.165, 1.54) is 24.3 Å². The van der Waals surface area contributed by atoms with E-state index in [4.69, 9.17) is 21.4 Å². The summed E-state index contributed by atoms with van der Waals surface area (Å²) in [6, 6.07) is 6.38. The van der Waals surface area contributed by atoms with Crippen molar-refractivity contribution in [3.8, 4) is 11.6 Å². The zero-order valence-electron chi connectivity index (χ0n) is 10.1. The summed E-state index contributed by atoms with van der Waals surface area (Å²) in [5.41, 5.74) is -0.412. The number of carboxylic acids is 1. The summed E-state index contributed by atoms with van der Waals surface area (Å²) in [7, 11) is 0. The van der Waals surface area contributed by atoms with Crippen LogP contribution in [0.2, 0.25) is 5.15 Å². The van der Waals surface area contributed by atoms with Gasteiger partial charge in [0.2, 0.25) is 5.88 Å². The predicted molar refractivity (Wildman–Crippen MR) is 77.1 cm³/mol. The van der Waals surface area contributed by atoms with Gasteiger partial charge in [-0.05, 0) is 34.1 Å². The van der Waals surface area contributed by atoms with Crippen LogP contribution in [0.15, 0.2) is 34.8 Å². The van der Waals surface area contributed by atoms with E-state index < -0.39 is 10.9 Å². The van der Waals surface area contributed by atoms with Crippen molar-refractivity contribution < 1.29 is 19.6 Å². The number of ether oxygens (including phenoxy) is 1. The third-order valence-corrected chi connectivity index (χ3v) is 3.25. The number of nitro benzene ring substituents is 1. The molecular weight excluding hydrogens is 367 g/mol. The topological polar surface area (TPSA) is 103 Å². The van der Waals surface area contributed by atoms with Crippen LogP contribution in [0, 0.1) is 10.1 Å². The lowest BCUT2D eigenvalue weighted by molar-refractivity contribution is -0.384. The number of non-ortho nitro benzene ring substituents is 1. The lowest BCUT2D eigenvalue weighted by Crippen LogP contribution is -2.02. The van der Waals surface area contributed by atoms with Crippen molar-refractivity contribution in [2.45, 2.75) is 0 Å². The van der Waals surface area contributed by atoms with Gasteiger partial charge in [-0.15, -0.1) is 0 Å². The molecule has 0 amide bonds. The molecule has 2 aromatic rings. The molecule has 0 aliphatic carbocycles. The minimum absolute atomic E-state index is 0.0385. The number of rotatable bonds is 4. The average molecular weight is 374 g/mol. The molecule has 0 unspecified atom stereocenters. The maximum Gasteiger partial charge on any atom is 0.341 e. The lowest BCUT2D eigenvalue weighted by Gasteiger charge is -2.09. The molecule has 1 heterocycles. The molecule has 2 rings (SSSR count). The van der Waals surface area contributed by atoms with Crippen LogP contribution in [0.3, 0.4) is 0 Å². The Morgan fingerprint density at radius 2 is 2.10 bits per heavy atom. The quantitative estimate of drug-likeness (QED) is 0.495. The number of carbonyl (C=O) groups is 1. The number of aromatic nitrogens is 1. The van der Waals surface area contributed by atoms with E-state index in [1.807, 2.05) is 0 Å². The van der Waals surface area contributed by atoms with Gasteiger partial charge in [0.25, 0.3) is 5.69 Å². The molecule has 1 N–H and O–H groups in total. The molecule has 7 nitrogen and oxygen atoms in total. The Morgan fingerprint density at radius 1 is 1.38 bits per heavy atom. The molecule has 0 spiro atoms. The van der Waals surface area contributed by atoms with Crippen molar-refractivity contribution in [1.82, 2.24) is 4.98 Å². The first kappa shape index (κ1) is 15.2. The van der Waals surface area contributed by atoms with Crippen LogP contribution in [0.5, 0.6) is 11.6 Å². The largest absolute Gasteiger partial charge is 0.477 e. The maximum absolute atomic E-state index is 11.1. The third kappa shape index (κ3) is 3.47. The van der Waals surface area contributed by atoms with Gasteiger partial charge in [-0.1, -0.05) is 11.6 Å². The molecule has 0 saturated heterocycles. The molecule has 9 heteroatoms. The van der Waals surface area contributed by atoms with Gasteiger partial charge in [0.05, 0.1) is 15.5 Å². The normalized spacial score (nSPS) is 10.2. The van der Waals surface area contributed by atoms with Gasteiger partial charge in [-0.2, -0.15) is 0 Å². The van der Waals surface area contributed by atoms with Crippen LogP contribution < -0.4 is 4.74 Å². The number of hydrogen-bond donors (Lipinski definition) is 1. The molecular formula is C12H6BrClN2O5. The Kier molecular flexibility index (Phi) is 4.39. The molecule has 0 fully saturated rings. The summed E-state index contributed by atoms with van der Waals surface area (Å²) >= 11 is 8.87. The Labute approximate surface area is 131 Å². The minimum Gasteiger partial charge on any atom is -0.477 e. The number of nitro groups is 1. The molecule has 108 valence electrons. The molecule has 0 saturated carbocycles. The Hall–Kier alpha value is -2.19. The molecule has 0 atom stereocenters. The summed E-state index contributed by atoms with van der Waals surface area (Å²) in [5.74, 6) is -1.45. The molecule has 0 aliphatic heterocycles. The number of benzene rings is 1.